The second-order valence-electron chi connectivity index (χ2n) is 26.7. The van der Waals surface area contributed by atoms with E-state index in [1.54, 1.807) is 26.4 Å². The molecule has 0 N–H and O–H groups in total. The summed E-state index contributed by atoms with van der Waals surface area (Å²) in [5.74, 6) is 1.48. The van der Waals surface area contributed by atoms with Crippen molar-refractivity contribution in [3.63, 3.8) is 0 Å². The quantitative estimate of drug-likeness (QED) is 0.0153. The Hall–Kier alpha value is -8.74. The first kappa shape index (κ1) is 148. The monoisotopic (exact) mass is 3060 g/mol. The van der Waals surface area contributed by atoms with Crippen molar-refractivity contribution in [3.05, 3.63) is 488 Å². The average molecular weight is 3060 g/mol. The van der Waals surface area contributed by atoms with Gasteiger partial charge in [-0.25, -0.2) is 0 Å². The molecule has 0 aromatic heterocycles. The number of ketones is 2. The third kappa shape index (κ3) is 77.6. The molecule has 0 atom stereocenters. The van der Waals surface area contributed by atoms with Crippen LogP contribution >= 0.6 is 8.16 Å². The van der Waals surface area contributed by atoms with Crippen molar-refractivity contribution >= 4 is 132 Å². The van der Waals surface area contributed by atoms with Crippen molar-refractivity contribution in [1.29, 1.82) is 0 Å². The van der Waals surface area contributed by atoms with Crippen LogP contribution in [0.15, 0.2) is 431 Å². The second kappa shape index (κ2) is 82.0. The van der Waals surface area contributed by atoms with Crippen LogP contribution < -0.4 is 156 Å². The van der Waals surface area contributed by atoms with Gasteiger partial charge in [-0.1, -0.05) is 0 Å². The summed E-state index contributed by atoms with van der Waals surface area (Å²) < 4.78 is 268. The van der Waals surface area contributed by atoms with Gasteiger partial charge in [-0.3, -0.25) is 64.7 Å². The van der Waals surface area contributed by atoms with Crippen molar-refractivity contribution < 1.29 is 258 Å². The van der Waals surface area contributed by atoms with Gasteiger partial charge in [0.15, 0.2) is 0 Å². The molecule has 148 heavy (non-hydrogen) atoms. The molecule has 0 radical (unpaired) electrons. The van der Waals surface area contributed by atoms with Gasteiger partial charge in [-0.15, -0.1) is 0 Å². The molecule has 0 aliphatic carbocycles. The third-order valence-corrected chi connectivity index (χ3v) is 43.9. The van der Waals surface area contributed by atoms with E-state index in [-0.39, 0.29) is 155 Å². The molecule has 0 saturated heterocycles. The molecular weight excluding hydrogens is 2980 g/mol. The molecule has 0 saturated carbocycles. The minimum atomic E-state index is -9.19. The molecule has 808 valence electrons. The van der Waals surface area contributed by atoms with Crippen LogP contribution in [0.2, 0.25) is 15.0 Å². The topological polar surface area (TPSA) is 86.5 Å². The van der Waals surface area contributed by atoms with Gasteiger partial charge in [-0.2, -0.15) is 0 Å². The van der Waals surface area contributed by atoms with Crippen LogP contribution in [-0.4, -0.2) is 118 Å². The number of fused-ring (bicyclic) bond motifs is 3. The van der Waals surface area contributed by atoms with Gasteiger partial charge in [0.2, 0.25) is 0 Å². The Morgan fingerprint density at radius 1 is 0.324 bits per heavy atom. The number of non-ortho nitro benzene ring substituents is 1. The predicted octanol–water partition coefficient (Wildman–Crippen LogP) is -7.37. The zero-order valence-electron chi connectivity index (χ0n) is 76.2. The first-order valence-corrected chi connectivity index (χ1v) is 67.9. The number of carbonyl (C=O) groups is 2. The normalized spacial score (nSPS) is 10.5. The summed E-state index contributed by atoms with van der Waals surface area (Å²) in [5.41, 5.74) is 7.09. The first-order valence-electron chi connectivity index (χ1n) is 40.2. The molecule has 15 aromatic rings. The molecule has 52 heteroatoms. The summed E-state index contributed by atoms with van der Waals surface area (Å²) in [4.78, 5) is 34.8. The number of methoxy groups -OCH3 is 1. The Morgan fingerprint density at radius 3 is 0.757 bits per heavy atom. The Morgan fingerprint density at radius 2 is 0.520 bits per heavy atom. The van der Waals surface area contributed by atoms with Gasteiger partial charge in [0.1, 0.15) is 0 Å². The number of halogens is 37. The molecule has 0 spiro atoms. The molecule has 16 rings (SSSR count). The summed E-state index contributed by atoms with van der Waals surface area (Å²) in [6.07, 6.45) is 0. The molecule has 1 heterocycles. The standard InChI is InChI=1S/C21H21AsO.C13H12IO.C12H9INO2.C12H8I.2C12H10I.C8H7O.C6H5.5BF3.Bi.F5P.12FH.Sb.H/c1-22(19-13-7-3-8-14-19,20-15-9-4-10-16-20)17-21(23)18-11-5-2-6-12-18;1-15-13-9-7-12(8-10-13)14-11-5-3-2-4-6-11;15-14(16)12-8-6-11(7-9-12)13-10-4-2-1-3-5-10;1-3-7-11-9(5-1)10-6-2-4-8-12(10)13-11;2*1-3-7-11(8-4-1)13-12-9-5-2-6-10-12;1-7(9)8-5-3-2-4-6-8;1-2-4-6-5-3-1;5*2-1(3)4;;1-6(2,3,4)5;;;;;;;;;;;;;;/h2-16,22H,17H2,1H3;2-10H,1H3;1-9H;1-8H;2*1-10H;2-6H,1H2;1-5H;;;;;;;;12*1H;;/q;5*-1;;;;;;;;;;;;;;;;;;;;;;+5;/p-12. The number of nitrogens with zero attached hydrogens (tertiary/aromatic N) is 1. The number of nitro groups is 1. The predicted molar refractivity (Wildman–Crippen MR) is 502 cm³/mol. The second-order valence-corrected chi connectivity index (χ2v) is 60.3. The number of carbonyl (C=O) groups excluding carboxylic acids is 2. The van der Waals surface area contributed by atoms with Crippen molar-refractivity contribution in [2.24, 2.45) is 0 Å². The zero-order chi connectivity index (χ0) is 105. The van der Waals surface area contributed by atoms with Gasteiger partial charge < -0.3 is 32.9 Å². The Balaban J connectivity index is -0.000000511. The first-order chi connectivity index (χ1) is 66.7. The van der Waals surface area contributed by atoms with Gasteiger partial charge >= 0.3 is 819 Å². The molecule has 1 aliphatic rings. The molecule has 0 unspecified atom stereocenters. The summed E-state index contributed by atoms with van der Waals surface area (Å²) in [7, 11) is -25.2. The maximum atomic E-state index is 12.9. The van der Waals surface area contributed by atoms with E-state index in [9.17, 15) is 119 Å². The number of nitro benzene ring substituents is 1. The van der Waals surface area contributed by atoms with E-state index in [0.717, 1.165) is 21.0 Å². The van der Waals surface area contributed by atoms with E-state index in [2.05, 4.69) is 303 Å². The van der Waals surface area contributed by atoms with E-state index in [4.69, 9.17) is 4.74 Å². The average Bonchev–Trinajstić information content (AvgIpc) is 1.47. The molecule has 0 bridgehead atoms. The zero-order valence-corrected chi connectivity index (χ0v) is 96.4. The molecule has 0 amide bonds. The van der Waals surface area contributed by atoms with Crippen LogP contribution in [0.1, 0.15) is 20.7 Å². The fourth-order valence-electron chi connectivity index (χ4n) is 10.8. The number of hydrogen-bond donors (Lipinski definition) is 0. The SMILES string of the molecule is COc1ccc([I-]c2ccccc2)cc1.C[AsH](CC(=O)c1ccccc1)(c1ccccc1)c1ccccc1.FB(F)F.FB(F)F.FB(F)F.FB(F)F.FB(F)F.FP(F)(F)(F)F.O=C([CH2][BiH][c]1ccccc1)c1ccccc1.O=[N+]([O-])c1ccc([I-]c2ccccc2)cc1.[F-].[F-].[F-].[F-].[F-].[F-].[F-].[F][Sb]([F])([F])([F])[F].c1ccc([I-]c2ccccc2)cc1.c1ccc([I-]c2ccccc2)cc1.c1ccc2c(c1)[I-]c1ccccc1-2. The Bertz CT molecular complexity index is 5570. The fraction of sp³-hybridized carbons (Fsp3) is 0.0417. The van der Waals surface area contributed by atoms with E-state index >= 15 is 0 Å². The van der Waals surface area contributed by atoms with Crippen molar-refractivity contribution in [1.82, 2.24) is 0 Å². The van der Waals surface area contributed by atoms with Gasteiger partial charge in [-0.05, 0) is 0 Å². The molecular formula is C96H83AsB5BiF32I5NO5PSb-12. The molecule has 6 nitrogen and oxygen atoms in total. The Labute approximate surface area is 907 Å². The van der Waals surface area contributed by atoms with Crippen LogP contribution in [0, 0.1) is 45.8 Å². The van der Waals surface area contributed by atoms with E-state index in [1.807, 2.05) is 121 Å². The number of ether oxygens (including phenoxy) is 1. The number of Topliss-reactive ketones (excluding diaryl/α,β-unsaturated/α-hetero) is 2. The van der Waals surface area contributed by atoms with Crippen LogP contribution in [0.25, 0.3) is 11.1 Å². The summed E-state index contributed by atoms with van der Waals surface area (Å²) >= 11 is -13.0. The van der Waals surface area contributed by atoms with E-state index < -0.39 is 103 Å². The third-order valence-electron chi connectivity index (χ3n) is 16.4. The van der Waals surface area contributed by atoms with Crippen molar-refractivity contribution in [2.75, 3.05) is 7.11 Å². The summed E-state index contributed by atoms with van der Waals surface area (Å²) in [6.45, 7) is 0. The molecule has 0 fully saturated rings. The molecule has 1 aliphatic heterocycles. The van der Waals surface area contributed by atoms with Crippen LogP contribution in [-0.2, 0) is 0 Å². The summed E-state index contributed by atoms with van der Waals surface area (Å²) in [6, 6.07) is 147. The number of benzene rings is 15. The van der Waals surface area contributed by atoms with Crippen molar-refractivity contribution in [2.45, 2.75) is 15.0 Å². The van der Waals surface area contributed by atoms with Gasteiger partial charge in [0, 0.05) is 0 Å². The van der Waals surface area contributed by atoms with Crippen LogP contribution in [0.3, 0.4) is 0 Å². The summed E-state index contributed by atoms with van der Waals surface area (Å²) in [5, 5.41) is 11.1. The van der Waals surface area contributed by atoms with Crippen LogP contribution in [0.5, 0.6) is 5.75 Å². The van der Waals surface area contributed by atoms with E-state index in [1.165, 1.54) is 51.7 Å². The van der Waals surface area contributed by atoms with E-state index in [0.29, 0.717) is 11.0 Å². The van der Waals surface area contributed by atoms with Crippen LogP contribution in [0.4, 0.5) is 105 Å². The van der Waals surface area contributed by atoms with Gasteiger partial charge in [0.25, 0.3) is 0 Å². The minimum absolute atomic E-state index is 0. The number of rotatable bonds is 19. The number of hydrogen-bond acceptors (Lipinski definition) is 5. The Kier molecular flexibility index (Phi) is 81.8. The maximum absolute atomic E-state index is 12.9. The molecule has 15 aromatic carbocycles. The van der Waals surface area contributed by atoms with Gasteiger partial charge in [0.05, 0.1) is 0 Å². The fourth-order valence-corrected chi connectivity index (χ4v) is 33.7. The van der Waals surface area contributed by atoms with Crippen molar-refractivity contribution in [3.8, 4) is 16.9 Å².